The van der Waals surface area contributed by atoms with Crippen LogP contribution in [0.15, 0.2) is 0 Å². The van der Waals surface area contributed by atoms with E-state index in [-0.39, 0.29) is 5.91 Å². The van der Waals surface area contributed by atoms with Gasteiger partial charge in [-0.25, -0.2) is 4.79 Å². The van der Waals surface area contributed by atoms with Gasteiger partial charge in [0.05, 0.1) is 0 Å². The molecule has 15 heavy (non-hydrogen) atoms. The number of piperidine rings is 1. The molecule has 1 aliphatic rings. The fraction of sp³-hybridized carbons (Fsp3) is 0.800. The maximum absolute atomic E-state index is 10.9. The van der Waals surface area contributed by atoms with E-state index in [9.17, 15) is 9.59 Å². The maximum Gasteiger partial charge on any atom is 0.326 e. The van der Waals surface area contributed by atoms with Gasteiger partial charge in [-0.15, -0.1) is 0 Å². The molecule has 1 fully saturated rings. The standard InChI is InChI=1S/C10H18N2O3/c1-7(13)12-9(10(14)15)6-8-2-4-11-5-3-8/h8-9,11H,2-6H2,1H3,(H,12,13)(H,14,15)/t9-/m0/s1. The molecular formula is C10H18N2O3. The zero-order chi connectivity index (χ0) is 11.3. The van der Waals surface area contributed by atoms with Crippen molar-refractivity contribution in [2.24, 2.45) is 5.92 Å². The summed E-state index contributed by atoms with van der Waals surface area (Å²) in [5.74, 6) is -0.820. The zero-order valence-corrected chi connectivity index (χ0v) is 8.95. The smallest absolute Gasteiger partial charge is 0.326 e. The quantitative estimate of drug-likeness (QED) is 0.614. The van der Waals surface area contributed by atoms with Crippen LogP contribution in [-0.4, -0.2) is 36.1 Å². The second-order valence-electron chi connectivity index (χ2n) is 4.02. The number of carboxylic acid groups (broad SMARTS) is 1. The van der Waals surface area contributed by atoms with Gasteiger partial charge in [-0.05, 0) is 38.3 Å². The summed E-state index contributed by atoms with van der Waals surface area (Å²) >= 11 is 0. The lowest BCUT2D eigenvalue weighted by Crippen LogP contribution is -2.42. The van der Waals surface area contributed by atoms with Crippen molar-refractivity contribution >= 4 is 11.9 Å². The van der Waals surface area contributed by atoms with E-state index in [0.717, 1.165) is 25.9 Å². The number of aliphatic carboxylic acids is 1. The Balaban J connectivity index is 2.42. The molecule has 0 bridgehead atoms. The third-order valence-electron chi connectivity index (χ3n) is 2.70. The molecule has 0 spiro atoms. The normalized spacial score (nSPS) is 19.5. The van der Waals surface area contributed by atoms with Gasteiger partial charge in [0.25, 0.3) is 0 Å². The van der Waals surface area contributed by atoms with Crippen molar-refractivity contribution in [2.75, 3.05) is 13.1 Å². The summed E-state index contributed by atoms with van der Waals surface area (Å²) in [6.07, 6.45) is 2.52. The minimum Gasteiger partial charge on any atom is -0.480 e. The average Bonchev–Trinajstić information content (AvgIpc) is 2.17. The molecule has 1 atom stereocenters. The van der Waals surface area contributed by atoms with Gasteiger partial charge in [-0.3, -0.25) is 4.79 Å². The van der Waals surface area contributed by atoms with Crippen LogP contribution in [0.25, 0.3) is 0 Å². The molecule has 1 saturated heterocycles. The van der Waals surface area contributed by atoms with Gasteiger partial charge in [-0.1, -0.05) is 0 Å². The van der Waals surface area contributed by atoms with Crippen molar-refractivity contribution in [3.05, 3.63) is 0 Å². The van der Waals surface area contributed by atoms with E-state index in [4.69, 9.17) is 5.11 Å². The molecule has 0 saturated carbocycles. The van der Waals surface area contributed by atoms with E-state index in [2.05, 4.69) is 10.6 Å². The summed E-state index contributed by atoms with van der Waals surface area (Å²) in [7, 11) is 0. The van der Waals surface area contributed by atoms with Crippen LogP contribution >= 0.6 is 0 Å². The number of hydrogen-bond donors (Lipinski definition) is 3. The number of amides is 1. The van der Waals surface area contributed by atoms with E-state index in [1.165, 1.54) is 6.92 Å². The number of hydrogen-bond acceptors (Lipinski definition) is 3. The van der Waals surface area contributed by atoms with Crippen LogP contribution in [0.4, 0.5) is 0 Å². The van der Waals surface area contributed by atoms with Crippen LogP contribution in [0.1, 0.15) is 26.2 Å². The van der Waals surface area contributed by atoms with Gasteiger partial charge in [0.15, 0.2) is 0 Å². The Labute approximate surface area is 89.2 Å². The van der Waals surface area contributed by atoms with Gasteiger partial charge in [-0.2, -0.15) is 0 Å². The Morgan fingerprint density at radius 2 is 2.07 bits per heavy atom. The van der Waals surface area contributed by atoms with Crippen molar-refractivity contribution in [3.63, 3.8) is 0 Å². The van der Waals surface area contributed by atoms with E-state index in [0.29, 0.717) is 12.3 Å². The topological polar surface area (TPSA) is 78.4 Å². The molecular weight excluding hydrogens is 196 g/mol. The Morgan fingerprint density at radius 3 is 2.53 bits per heavy atom. The molecule has 0 aromatic heterocycles. The molecule has 1 rings (SSSR count). The molecule has 1 heterocycles. The monoisotopic (exact) mass is 214 g/mol. The molecule has 5 heteroatoms. The molecule has 0 aliphatic carbocycles. The van der Waals surface area contributed by atoms with E-state index in [1.807, 2.05) is 0 Å². The predicted molar refractivity (Wildman–Crippen MR) is 55.5 cm³/mol. The summed E-state index contributed by atoms with van der Waals surface area (Å²) in [4.78, 5) is 21.7. The summed E-state index contributed by atoms with van der Waals surface area (Å²) in [5.41, 5.74) is 0. The second-order valence-corrected chi connectivity index (χ2v) is 4.02. The Kier molecular flexibility index (Phi) is 4.55. The van der Waals surface area contributed by atoms with Gasteiger partial charge < -0.3 is 15.7 Å². The highest BCUT2D eigenvalue weighted by Crippen LogP contribution is 2.17. The average molecular weight is 214 g/mol. The summed E-state index contributed by atoms with van der Waals surface area (Å²) in [5, 5.41) is 14.6. The first kappa shape index (κ1) is 12.0. The van der Waals surface area contributed by atoms with E-state index in [1.54, 1.807) is 0 Å². The highest BCUT2D eigenvalue weighted by molar-refractivity contribution is 5.82. The van der Waals surface area contributed by atoms with Crippen molar-refractivity contribution < 1.29 is 14.7 Å². The van der Waals surface area contributed by atoms with Gasteiger partial charge in [0.2, 0.25) is 5.91 Å². The van der Waals surface area contributed by atoms with Gasteiger partial charge >= 0.3 is 5.97 Å². The molecule has 1 amide bonds. The third kappa shape index (κ3) is 4.29. The SMILES string of the molecule is CC(=O)N[C@@H](CC1CCNCC1)C(=O)O. The second kappa shape index (κ2) is 5.70. The predicted octanol–water partition coefficient (Wildman–Crippen LogP) is -0.0346. The fourth-order valence-corrected chi connectivity index (χ4v) is 1.92. The number of rotatable bonds is 4. The van der Waals surface area contributed by atoms with E-state index >= 15 is 0 Å². The van der Waals surface area contributed by atoms with Crippen LogP contribution in [-0.2, 0) is 9.59 Å². The Bertz CT molecular complexity index is 237. The van der Waals surface area contributed by atoms with Crippen molar-refractivity contribution in [2.45, 2.75) is 32.2 Å². The number of carbonyl (C=O) groups is 2. The van der Waals surface area contributed by atoms with Crippen LogP contribution in [0.5, 0.6) is 0 Å². The van der Waals surface area contributed by atoms with Gasteiger partial charge in [0, 0.05) is 6.92 Å². The molecule has 0 aromatic carbocycles. The first-order valence-corrected chi connectivity index (χ1v) is 5.30. The van der Waals surface area contributed by atoms with Crippen molar-refractivity contribution in [1.82, 2.24) is 10.6 Å². The largest absolute Gasteiger partial charge is 0.480 e. The molecule has 0 unspecified atom stereocenters. The lowest BCUT2D eigenvalue weighted by Gasteiger charge is -2.25. The van der Waals surface area contributed by atoms with Crippen LogP contribution < -0.4 is 10.6 Å². The fourth-order valence-electron chi connectivity index (χ4n) is 1.92. The highest BCUT2D eigenvalue weighted by Gasteiger charge is 2.24. The summed E-state index contributed by atoms with van der Waals surface area (Å²) < 4.78 is 0. The van der Waals surface area contributed by atoms with Gasteiger partial charge in [0.1, 0.15) is 6.04 Å². The number of carbonyl (C=O) groups excluding carboxylic acids is 1. The third-order valence-corrected chi connectivity index (χ3v) is 2.70. The summed E-state index contributed by atoms with van der Waals surface area (Å²) in [6.45, 7) is 3.23. The van der Waals surface area contributed by atoms with E-state index < -0.39 is 12.0 Å². The molecule has 86 valence electrons. The Morgan fingerprint density at radius 1 is 1.47 bits per heavy atom. The first-order valence-electron chi connectivity index (χ1n) is 5.30. The number of carboxylic acids is 1. The zero-order valence-electron chi connectivity index (χ0n) is 8.95. The molecule has 0 radical (unpaired) electrons. The minimum atomic E-state index is -0.941. The molecule has 0 aromatic rings. The summed E-state index contributed by atoms with van der Waals surface area (Å²) in [6, 6.07) is -0.731. The van der Waals surface area contributed by atoms with Crippen LogP contribution in [0.2, 0.25) is 0 Å². The first-order chi connectivity index (χ1) is 7.09. The molecule has 3 N–H and O–H groups in total. The molecule has 5 nitrogen and oxygen atoms in total. The minimum absolute atomic E-state index is 0.281. The maximum atomic E-state index is 10.9. The van der Waals surface area contributed by atoms with Crippen LogP contribution in [0, 0.1) is 5.92 Å². The number of nitrogens with one attached hydrogen (secondary N) is 2. The lowest BCUT2D eigenvalue weighted by atomic mass is 9.91. The molecule has 1 aliphatic heterocycles. The Hall–Kier alpha value is -1.10. The highest BCUT2D eigenvalue weighted by atomic mass is 16.4. The van der Waals surface area contributed by atoms with Crippen LogP contribution in [0.3, 0.4) is 0 Å². The van der Waals surface area contributed by atoms with Crippen molar-refractivity contribution in [3.8, 4) is 0 Å². The van der Waals surface area contributed by atoms with Crippen molar-refractivity contribution in [1.29, 1.82) is 0 Å². The lowest BCUT2D eigenvalue weighted by molar-refractivity contribution is -0.142.